The monoisotopic (exact) mass is 200 g/mol. The Labute approximate surface area is 90.1 Å². The molecule has 0 spiro atoms. The molecular weight excluding hydrogens is 184 g/mol. The lowest BCUT2D eigenvalue weighted by atomic mass is 10.00. The molecule has 0 saturated heterocycles. The van der Waals surface area contributed by atoms with Gasteiger partial charge in [-0.3, -0.25) is 4.98 Å². The molecule has 2 nitrogen and oxygen atoms in total. The van der Waals surface area contributed by atoms with Crippen LogP contribution in [0.2, 0.25) is 0 Å². The quantitative estimate of drug-likeness (QED) is 0.664. The van der Waals surface area contributed by atoms with Gasteiger partial charge in [-0.25, -0.2) is 0 Å². The van der Waals surface area contributed by atoms with E-state index in [1.807, 2.05) is 6.92 Å². The molecule has 0 atom stereocenters. The minimum atomic E-state index is 0.870. The molecule has 0 aliphatic rings. The number of rotatable bonds is 0. The maximum Gasteiger partial charge on any atom is 0.0731 e. The number of nitrogen functional groups attached to an aromatic ring is 1. The van der Waals surface area contributed by atoms with Crippen molar-refractivity contribution in [2.45, 2.75) is 27.7 Å². The number of aryl methyl sites for hydroxylation is 3. The highest BCUT2D eigenvalue weighted by molar-refractivity contribution is 5.95. The zero-order valence-electron chi connectivity index (χ0n) is 9.68. The molecule has 2 aromatic rings. The molecule has 1 heterocycles. The van der Waals surface area contributed by atoms with Crippen LogP contribution in [0.15, 0.2) is 12.1 Å². The third-order valence-electron chi connectivity index (χ3n) is 2.99. The van der Waals surface area contributed by atoms with Crippen molar-refractivity contribution in [2.24, 2.45) is 0 Å². The van der Waals surface area contributed by atoms with Crippen LogP contribution in [0, 0.1) is 27.7 Å². The minimum absolute atomic E-state index is 0.870. The molecule has 15 heavy (non-hydrogen) atoms. The zero-order chi connectivity index (χ0) is 11.2. The maximum absolute atomic E-state index is 6.13. The number of hydrogen-bond acceptors (Lipinski definition) is 2. The Kier molecular flexibility index (Phi) is 2.14. The second-order valence-electron chi connectivity index (χ2n) is 4.21. The van der Waals surface area contributed by atoms with Crippen LogP contribution in [-0.2, 0) is 0 Å². The summed E-state index contributed by atoms with van der Waals surface area (Å²) in [4.78, 5) is 4.52. The average Bonchev–Trinajstić information content (AvgIpc) is 2.13. The van der Waals surface area contributed by atoms with Crippen molar-refractivity contribution < 1.29 is 0 Å². The lowest BCUT2D eigenvalue weighted by Gasteiger charge is -2.11. The van der Waals surface area contributed by atoms with Gasteiger partial charge >= 0.3 is 0 Å². The molecule has 1 aromatic carbocycles. The number of anilines is 1. The van der Waals surface area contributed by atoms with Crippen molar-refractivity contribution in [1.82, 2.24) is 4.98 Å². The van der Waals surface area contributed by atoms with E-state index in [0.717, 1.165) is 27.8 Å². The van der Waals surface area contributed by atoms with Crippen LogP contribution in [0.1, 0.15) is 22.4 Å². The molecule has 0 bridgehead atoms. The molecule has 0 saturated carbocycles. The highest BCUT2D eigenvalue weighted by Crippen LogP contribution is 2.29. The number of fused-ring (bicyclic) bond motifs is 1. The van der Waals surface area contributed by atoms with Gasteiger partial charge < -0.3 is 5.73 Å². The third-order valence-corrected chi connectivity index (χ3v) is 2.99. The Balaban J connectivity index is 2.99. The van der Waals surface area contributed by atoms with E-state index in [9.17, 15) is 0 Å². The predicted molar refractivity (Wildman–Crippen MR) is 65.1 cm³/mol. The SMILES string of the molecule is Cc1cc(C)c2c(N)c(C)c(C)cc2n1. The third kappa shape index (κ3) is 1.46. The summed E-state index contributed by atoms with van der Waals surface area (Å²) in [6.07, 6.45) is 0. The first kappa shape index (κ1) is 9.97. The normalized spacial score (nSPS) is 10.9. The summed E-state index contributed by atoms with van der Waals surface area (Å²) in [7, 11) is 0. The smallest absolute Gasteiger partial charge is 0.0731 e. The van der Waals surface area contributed by atoms with E-state index in [2.05, 4.69) is 37.9 Å². The van der Waals surface area contributed by atoms with Gasteiger partial charge in [0.15, 0.2) is 0 Å². The number of pyridine rings is 1. The highest BCUT2D eigenvalue weighted by Gasteiger charge is 2.08. The van der Waals surface area contributed by atoms with Gasteiger partial charge in [-0.05, 0) is 56.5 Å². The van der Waals surface area contributed by atoms with E-state index >= 15 is 0 Å². The molecule has 2 rings (SSSR count). The lowest BCUT2D eigenvalue weighted by molar-refractivity contribution is 1.22. The van der Waals surface area contributed by atoms with Crippen LogP contribution in [-0.4, -0.2) is 4.98 Å². The van der Waals surface area contributed by atoms with Gasteiger partial charge in [0, 0.05) is 16.8 Å². The first-order chi connectivity index (χ1) is 7.00. The van der Waals surface area contributed by atoms with Crippen LogP contribution >= 0.6 is 0 Å². The number of nitrogens with zero attached hydrogens (tertiary/aromatic N) is 1. The van der Waals surface area contributed by atoms with E-state index in [-0.39, 0.29) is 0 Å². The average molecular weight is 200 g/mol. The molecule has 0 amide bonds. The molecule has 0 radical (unpaired) electrons. The Morgan fingerprint density at radius 2 is 1.67 bits per heavy atom. The summed E-state index contributed by atoms with van der Waals surface area (Å²) in [5.41, 5.74) is 12.6. The van der Waals surface area contributed by atoms with Gasteiger partial charge in [0.2, 0.25) is 0 Å². The molecule has 0 aliphatic carbocycles. The van der Waals surface area contributed by atoms with Crippen molar-refractivity contribution in [1.29, 1.82) is 0 Å². The fourth-order valence-electron chi connectivity index (χ4n) is 2.03. The summed E-state index contributed by atoms with van der Waals surface area (Å²) in [6, 6.07) is 4.19. The van der Waals surface area contributed by atoms with Gasteiger partial charge in [-0.1, -0.05) is 0 Å². The molecule has 0 fully saturated rings. The minimum Gasteiger partial charge on any atom is -0.398 e. The molecule has 0 unspecified atom stereocenters. The van der Waals surface area contributed by atoms with E-state index in [4.69, 9.17) is 5.73 Å². The fraction of sp³-hybridized carbons (Fsp3) is 0.308. The Hall–Kier alpha value is -1.57. The predicted octanol–water partition coefficient (Wildman–Crippen LogP) is 3.05. The molecule has 78 valence electrons. The second kappa shape index (κ2) is 3.23. The summed E-state index contributed by atoms with van der Waals surface area (Å²) >= 11 is 0. The number of benzene rings is 1. The van der Waals surface area contributed by atoms with E-state index in [1.54, 1.807) is 0 Å². The van der Waals surface area contributed by atoms with Crippen LogP contribution < -0.4 is 5.73 Å². The molecule has 1 aromatic heterocycles. The number of hydrogen-bond donors (Lipinski definition) is 1. The largest absolute Gasteiger partial charge is 0.398 e. The van der Waals surface area contributed by atoms with Gasteiger partial charge in [-0.15, -0.1) is 0 Å². The lowest BCUT2D eigenvalue weighted by Crippen LogP contribution is -1.98. The Morgan fingerprint density at radius 3 is 2.33 bits per heavy atom. The maximum atomic E-state index is 6.13. The van der Waals surface area contributed by atoms with Crippen LogP contribution in [0.4, 0.5) is 5.69 Å². The van der Waals surface area contributed by atoms with Crippen molar-refractivity contribution in [3.05, 3.63) is 34.5 Å². The Bertz CT molecular complexity index is 542. The van der Waals surface area contributed by atoms with Crippen LogP contribution in [0.3, 0.4) is 0 Å². The molecular formula is C13H16N2. The van der Waals surface area contributed by atoms with Gasteiger partial charge in [0.05, 0.1) is 5.52 Å². The van der Waals surface area contributed by atoms with Crippen molar-refractivity contribution in [3.8, 4) is 0 Å². The van der Waals surface area contributed by atoms with Crippen molar-refractivity contribution >= 4 is 16.6 Å². The van der Waals surface area contributed by atoms with Gasteiger partial charge in [0.1, 0.15) is 0 Å². The van der Waals surface area contributed by atoms with E-state index < -0.39 is 0 Å². The Morgan fingerprint density at radius 1 is 1.00 bits per heavy atom. The fourth-order valence-corrected chi connectivity index (χ4v) is 2.03. The highest BCUT2D eigenvalue weighted by atomic mass is 14.7. The zero-order valence-corrected chi connectivity index (χ0v) is 9.68. The van der Waals surface area contributed by atoms with Crippen LogP contribution in [0.25, 0.3) is 10.9 Å². The van der Waals surface area contributed by atoms with Crippen LogP contribution in [0.5, 0.6) is 0 Å². The topological polar surface area (TPSA) is 38.9 Å². The molecule has 2 heteroatoms. The standard InChI is InChI=1S/C13H16N2/c1-7-6-11-12(13(14)10(7)4)8(2)5-9(3)15-11/h5-6H,14H2,1-4H3. The summed E-state index contributed by atoms with van der Waals surface area (Å²) < 4.78 is 0. The van der Waals surface area contributed by atoms with Crippen molar-refractivity contribution in [3.63, 3.8) is 0 Å². The molecule has 0 aliphatic heterocycles. The first-order valence-corrected chi connectivity index (χ1v) is 5.14. The summed E-state index contributed by atoms with van der Waals surface area (Å²) in [5.74, 6) is 0. The van der Waals surface area contributed by atoms with Crippen molar-refractivity contribution in [2.75, 3.05) is 5.73 Å². The van der Waals surface area contributed by atoms with E-state index in [1.165, 1.54) is 11.1 Å². The summed E-state index contributed by atoms with van der Waals surface area (Å²) in [5, 5.41) is 1.10. The molecule has 2 N–H and O–H groups in total. The summed E-state index contributed by atoms with van der Waals surface area (Å²) in [6.45, 7) is 8.23. The van der Waals surface area contributed by atoms with Gasteiger partial charge in [-0.2, -0.15) is 0 Å². The van der Waals surface area contributed by atoms with Gasteiger partial charge in [0.25, 0.3) is 0 Å². The number of aromatic nitrogens is 1. The first-order valence-electron chi connectivity index (χ1n) is 5.14. The second-order valence-corrected chi connectivity index (χ2v) is 4.21. The number of nitrogens with two attached hydrogens (primary N) is 1. The van der Waals surface area contributed by atoms with E-state index in [0.29, 0.717) is 0 Å².